The van der Waals surface area contributed by atoms with E-state index in [0.29, 0.717) is 12.0 Å². The average molecular weight is 461 g/mol. The first-order valence-corrected chi connectivity index (χ1v) is 12.4. The summed E-state index contributed by atoms with van der Waals surface area (Å²) < 4.78 is 28.6. The number of pyridine rings is 1. The van der Waals surface area contributed by atoms with Crippen molar-refractivity contribution in [1.82, 2.24) is 9.29 Å². The highest BCUT2D eigenvalue weighted by atomic mass is 32.2. The number of hydrogen-bond acceptors (Lipinski definition) is 3. The Morgan fingerprint density at radius 3 is 2.24 bits per heavy atom. The zero-order valence-corrected chi connectivity index (χ0v) is 19.9. The Morgan fingerprint density at radius 2 is 1.52 bits per heavy atom. The van der Waals surface area contributed by atoms with Crippen molar-refractivity contribution in [2.24, 2.45) is 0 Å². The molecule has 0 amide bonds. The molecule has 0 saturated carbocycles. The van der Waals surface area contributed by atoms with Gasteiger partial charge in [0.2, 0.25) is 10.0 Å². The van der Waals surface area contributed by atoms with Gasteiger partial charge in [-0.3, -0.25) is 4.79 Å². The molecule has 0 bridgehead atoms. The van der Waals surface area contributed by atoms with E-state index >= 15 is 0 Å². The third kappa shape index (κ3) is 5.07. The van der Waals surface area contributed by atoms with E-state index in [1.165, 1.54) is 4.31 Å². The van der Waals surface area contributed by atoms with E-state index in [-0.39, 0.29) is 23.5 Å². The van der Waals surface area contributed by atoms with Crippen LogP contribution in [-0.2, 0) is 23.0 Å². The summed E-state index contributed by atoms with van der Waals surface area (Å²) in [5.74, 6) is 0. The highest BCUT2D eigenvalue weighted by Gasteiger charge is 2.25. The molecule has 1 heterocycles. The number of aryl methyl sites for hydroxylation is 3. The van der Waals surface area contributed by atoms with Crippen molar-refractivity contribution in [3.05, 3.63) is 111 Å². The first-order chi connectivity index (χ1) is 15.7. The molecule has 1 N–H and O–H groups in total. The van der Waals surface area contributed by atoms with E-state index in [1.807, 2.05) is 63.2 Å². The standard InChI is InChI=1S/C27H28N2O3S/c1-19-8-11-25(12-9-19)33(31,32)29(15-14-22-7-5-4-6-21(22)3)18-24-17-23-16-20(2)10-13-26(23)28-27(24)30/h4-13,16-17H,14-15,18H2,1-3H3,(H,28,30). The van der Waals surface area contributed by atoms with Crippen molar-refractivity contribution in [2.45, 2.75) is 38.6 Å². The Hall–Kier alpha value is -3.22. The molecular weight excluding hydrogens is 432 g/mol. The highest BCUT2D eigenvalue weighted by Crippen LogP contribution is 2.21. The maximum atomic E-state index is 13.6. The molecule has 6 heteroatoms. The smallest absolute Gasteiger partial charge is 0.252 e. The topological polar surface area (TPSA) is 70.2 Å². The van der Waals surface area contributed by atoms with Gasteiger partial charge in [0.1, 0.15) is 0 Å². The number of benzene rings is 3. The molecule has 0 aliphatic rings. The summed E-state index contributed by atoms with van der Waals surface area (Å²) in [6.45, 7) is 6.20. The molecule has 170 valence electrons. The number of rotatable bonds is 7. The predicted molar refractivity (Wildman–Crippen MR) is 133 cm³/mol. The van der Waals surface area contributed by atoms with Crippen molar-refractivity contribution in [3.63, 3.8) is 0 Å². The summed E-state index contributed by atoms with van der Waals surface area (Å²) in [7, 11) is -3.80. The van der Waals surface area contributed by atoms with Crippen LogP contribution in [0.25, 0.3) is 10.9 Å². The minimum atomic E-state index is -3.80. The van der Waals surface area contributed by atoms with Crippen LogP contribution in [0.4, 0.5) is 0 Å². The molecule has 4 rings (SSSR count). The van der Waals surface area contributed by atoms with Crippen LogP contribution in [0.2, 0.25) is 0 Å². The lowest BCUT2D eigenvalue weighted by Crippen LogP contribution is -2.34. The molecule has 1 aromatic heterocycles. The molecule has 0 spiro atoms. The number of hydrogen-bond donors (Lipinski definition) is 1. The predicted octanol–water partition coefficient (Wildman–Crippen LogP) is 4.89. The molecule has 5 nitrogen and oxygen atoms in total. The van der Waals surface area contributed by atoms with Gasteiger partial charge in [-0.2, -0.15) is 4.31 Å². The van der Waals surface area contributed by atoms with Gasteiger partial charge in [-0.05, 0) is 74.0 Å². The lowest BCUT2D eigenvalue weighted by atomic mass is 10.1. The summed E-state index contributed by atoms with van der Waals surface area (Å²) in [5.41, 5.74) is 5.15. The fraction of sp³-hybridized carbons (Fsp3) is 0.222. The molecule has 0 saturated heterocycles. The summed E-state index contributed by atoms with van der Waals surface area (Å²) in [4.78, 5) is 15.9. The Bertz CT molecular complexity index is 1460. The number of sulfonamides is 1. The fourth-order valence-electron chi connectivity index (χ4n) is 3.96. The SMILES string of the molecule is Cc1ccc(S(=O)(=O)N(CCc2ccccc2C)Cc2cc3cc(C)ccc3[nH]c2=O)cc1. The number of fused-ring (bicyclic) bond motifs is 1. The van der Waals surface area contributed by atoms with Gasteiger partial charge in [0.15, 0.2) is 0 Å². The van der Waals surface area contributed by atoms with Gasteiger partial charge in [-0.15, -0.1) is 0 Å². The first kappa shape index (κ1) is 23.0. The van der Waals surface area contributed by atoms with E-state index < -0.39 is 10.0 Å². The van der Waals surface area contributed by atoms with Crippen molar-refractivity contribution < 1.29 is 8.42 Å². The van der Waals surface area contributed by atoms with Crippen LogP contribution in [0.5, 0.6) is 0 Å². The summed E-state index contributed by atoms with van der Waals surface area (Å²) in [5, 5.41) is 0.885. The lowest BCUT2D eigenvalue weighted by molar-refractivity contribution is 0.408. The van der Waals surface area contributed by atoms with Crippen LogP contribution in [-0.4, -0.2) is 24.3 Å². The Labute approximate surface area is 194 Å². The third-order valence-corrected chi connectivity index (χ3v) is 7.83. The van der Waals surface area contributed by atoms with Gasteiger partial charge < -0.3 is 4.98 Å². The van der Waals surface area contributed by atoms with Gasteiger partial charge >= 0.3 is 0 Å². The average Bonchev–Trinajstić information content (AvgIpc) is 2.78. The van der Waals surface area contributed by atoms with Gasteiger partial charge in [0.25, 0.3) is 5.56 Å². The van der Waals surface area contributed by atoms with E-state index in [1.54, 1.807) is 30.3 Å². The quantitative estimate of drug-likeness (QED) is 0.427. The summed E-state index contributed by atoms with van der Waals surface area (Å²) >= 11 is 0. The molecule has 0 radical (unpaired) electrons. The second kappa shape index (κ2) is 9.33. The van der Waals surface area contributed by atoms with Gasteiger partial charge in [-0.25, -0.2) is 8.42 Å². The number of nitrogens with one attached hydrogen (secondary N) is 1. The van der Waals surface area contributed by atoms with Crippen molar-refractivity contribution in [2.75, 3.05) is 6.54 Å². The molecule has 33 heavy (non-hydrogen) atoms. The molecule has 0 atom stereocenters. The van der Waals surface area contributed by atoms with E-state index in [9.17, 15) is 13.2 Å². The zero-order chi connectivity index (χ0) is 23.6. The Morgan fingerprint density at radius 1 is 0.818 bits per heavy atom. The number of H-pyrrole nitrogens is 1. The normalized spacial score (nSPS) is 11.9. The summed E-state index contributed by atoms with van der Waals surface area (Å²) in [6, 6.07) is 22.4. The van der Waals surface area contributed by atoms with Crippen molar-refractivity contribution in [1.29, 1.82) is 0 Å². The zero-order valence-electron chi connectivity index (χ0n) is 19.1. The van der Waals surface area contributed by atoms with E-state index in [4.69, 9.17) is 0 Å². The van der Waals surface area contributed by atoms with Crippen LogP contribution in [0, 0.1) is 20.8 Å². The van der Waals surface area contributed by atoms with Crippen LogP contribution >= 0.6 is 0 Å². The largest absolute Gasteiger partial charge is 0.322 e. The molecule has 0 aliphatic carbocycles. The number of nitrogens with zero attached hydrogens (tertiary/aromatic N) is 1. The maximum absolute atomic E-state index is 13.6. The van der Waals surface area contributed by atoms with Gasteiger partial charge in [-0.1, -0.05) is 53.6 Å². The highest BCUT2D eigenvalue weighted by molar-refractivity contribution is 7.89. The minimum Gasteiger partial charge on any atom is -0.322 e. The maximum Gasteiger partial charge on any atom is 0.252 e. The molecule has 0 unspecified atom stereocenters. The van der Waals surface area contributed by atoms with Crippen LogP contribution in [0.1, 0.15) is 27.8 Å². The Balaban J connectivity index is 1.73. The van der Waals surface area contributed by atoms with Gasteiger partial charge in [0.05, 0.1) is 4.90 Å². The number of aromatic nitrogens is 1. The molecule has 0 fully saturated rings. The van der Waals surface area contributed by atoms with Gasteiger partial charge in [0, 0.05) is 24.2 Å². The minimum absolute atomic E-state index is 0.00130. The second-order valence-corrected chi connectivity index (χ2v) is 10.5. The van der Waals surface area contributed by atoms with E-state index in [0.717, 1.165) is 33.2 Å². The molecule has 3 aromatic carbocycles. The first-order valence-electron chi connectivity index (χ1n) is 11.0. The van der Waals surface area contributed by atoms with Crippen LogP contribution in [0.15, 0.2) is 82.5 Å². The fourth-order valence-corrected chi connectivity index (χ4v) is 5.38. The summed E-state index contributed by atoms with van der Waals surface area (Å²) in [6.07, 6.45) is 0.558. The Kier molecular flexibility index (Phi) is 6.49. The third-order valence-electron chi connectivity index (χ3n) is 5.97. The van der Waals surface area contributed by atoms with Crippen molar-refractivity contribution >= 4 is 20.9 Å². The second-order valence-electron chi connectivity index (χ2n) is 8.54. The lowest BCUT2D eigenvalue weighted by Gasteiger charge is -2.23. The molecule has 4 aromatic rings. The van der Waals surface area contributed by atoms with Crippen molar-refractivity contribution in [3.8, 4) is 0 Å². The number of aromatic amines is 1. The van der Waals surface area contributed by atoms with Crippen LogP contribution in [0.3, 0.4) is 0 Å². The van der Waals surface area contributed by atoms with E-state index in [2.05, 4.69) is 4.98 Å². The monoisotopic (exact) mass is 460 g/mol. The molecular formula is C27H28N2O3S. The van der Waals surface area contributed by atoms with Crippen LogP contribution < -0.4 is 5.56 Å². The molecule has 0 aliphatic heterocycles.